The molecule has 0 fully saturated rings. The van der Waals surface area contributed by atoms with Crippen LogP contribution in [0.4, 0.5) is 5.69 Å². The Morgan fingerprint density at radius 3 is 2.86 bits per heavy atom. The number of hydrogen-bond donors (Lipinski definition) is 0. The van der Waals surface area contributed by atoms with E-state index in [0.717, 1.165) is 16.3 Å². The maximum Gasteiger partial charge on any atom is 0.287 e. The van der Waals surface area contributed by atoms with Crippen LogP contribution in [0.15, 0.2) is 40.0 Å². The van der Waals surface area contributed by atoms with Gasteiger partial charge < -0.3 is 4.57 Å². The molecule has 3 aromatic heterocycles. The van der Waals surface area contributed by atoms with Crippen molar-refractivity contribution in [3.63, 3.8) is 0 Å². The van der Waals surface area contributed by atoms with Crippen LogP contribution in [-0.4, -0.2) is 24.7 Å². The van der Waals surface area contributed by atoms with Crippen LogP contribution >= 0.6 is 23.1 Å². The second-order valence-corrected chi connectivity index (χ2v) is 6.42. The first-order valence-electron chi connectivity index (χ1n) is 6.28. The van der Waals surface area contributed by atoms with E-state index in [1.807, 2.05) is 29.1 Å². The molecule has 0 aliphatic rings. The molecule has 0 N–H and O–H groups in total. The molecule has 3 rings (SSSR count). The van der Waals surface area contributed by atoms with E-state index in [1.165, 1.54) is 24.0 Å². The van der Waals surface area contributed by atoms with Crippen molar-refractivity contribution in [1.29, 1.82) is 0 Å². The van der Waals surface area contributed by atoms with Gasteiger partial charge in [-0.15, -0.1) is 21.5 Å². The van der Waals surface area contributed by atoms with Gasteiger partial charge in [0.2, 0.25) is 0 Å². The molecule has 22 heavy (non-hydrogen) atoms. The second-order valence-electron chi connectivity index (χ2n) is 4.52. The molecule has 3 aromatic rings. The van der Waals surface area contributed by atoms with E-state index in [2.05, 4.69) is 15.2 Å². The lowest BCUT2D eigenvalue weighted by Gasteiger charge is -2.04. The molecule has 0 bridgehead atoms. The number of pyridine rings is 1. The minimum atomic E-state index is -0.453. The van der Waals surface area contributed by atoms with Crippen molar-refractivity contribution in [3.05, 3.63) is 45.5 Å². The van der Waals surface area contributed by atoms with E-state index in [0.29, 0.717) is 10.2 Å². The fraction of sp³-hybridized carbons (Fsp3) is 0.154. The highest BCUT2D eigenvalue weighted by atomic mass is 32.2. The van der Waals surface area contributed by atoms with Crippen molar-refractivity contribution in [3.8, 4) is 10.7 Å². The summed E-state index contributed by atoms with van der Waals surface area (Å²) >= 11 is 2.93. The Morgan fingerprint density at radius 1 is 1.41 bits per heavy atom. The van der Waals surface area contributed by atoms with Crippen molar-refractivity contribution >= 4 is 28.8 Å². The smallest absolute Gasteiger partial charge is 0.287 e. The molecule has 0 spiro atoms. The zero-order chi connectivity index (χ0) is 15.7. The molecule has 0 atom stereocenters. The van der Waals surface area contributed by atoms with Crippen LogP contribution in [-0.2, 0) is 7.05 Å². The van der Waals surface area contributed by atoms with E-state index in [1.54, 1.807) is 18.3 Å². The average molecular weight is 333 g/mol. The molecular formula is C13H11N5O2S2. The summed E-state index contributed by atoms with van der Waals surface area (Å²) in [6.07, 6.45) is 1.26. The average Bonchev–Trinajstić information content (AvgIpc) is 3.11. The van der Waals surface area contributed by atoms with Gasteiger partial charge in [0.05, 0.1) is 9.80 Å². The van der Waals surface area contributed by atoms with Gasteiger partial charge in [-0.05, 0) is 35.7 Å². The van der Waals surface area contributed by atoms with Crippen LogP contribution < -0.4 is 0 Å². The zero-order valence-corrected chi connectivity index (χ0v) is 13.4. The molecule has 7 nitrogen and oxygen atoms in total. The molecule has 112 valence electrons. The van der Waals surface area contributed by atoms with Gasteiger partial charge in [0.1, 0.15) is 11.2 Å². The minimum Gasteiger partial charge on any atom is -0.304 e. The monoisotopic (exact) mass is 333 g/mol. The van der Waals surface area contributed by atoms with E-state index in [9.17, 15) is 10.1 Å². The fourth-order valence-corrected chi connectivity index (χ4v) is 3.41. The van der Waals surface area contributed by atoms with Crippen molar-refractivity contribution in [2.45, 2.75) is 17.1 Å². The van der Waals surface area contributed by atoms with Gasteiger partial charge in [-0.25, -0.2) is 4.98 Å². The molecule has 0 unspecified atom stereocenters. The summed E-state index contributed by atoms with van der Waals surface area (Å²) in [6, 6.07) is 5.45. The van der Waals surface area contributed by atoms with E-state index < -0.39 is 4.92 Å². The molecule has 9 heteroatoms. The first-order valence-corrected chi connectivity index (χ1v) is 7.98. The van der Waals surface area contributed by atoms with Crippen LogP contribution in [0.2, 0.25) is 0 Å². The summed E-state index contributed by atoms with van der Waals surface area (Å²) in [5.41, 5.74) is 0.721. The number of hydrogen-bond acceptors (Lipinski definition) is 7. The predicted octanol–water partition coefficient (Wildman–Crippen LogP) is 3.31. The highest BCUT2D eigenvalue weighted by Gasteiger charge is 2.16. The first-order chi connectivity index (χ1) is 10.6. The molecule has 0 radical (unpaired) electrons. The number of rotatable bonds is 4. The van der Waals surface area contributed by atoms with Gasteiger partial charge in [0.25, 0.3) is 5.69 Å². The normalized spacial score (nSPS) is 10.8. The Morgan fingerprint density at radius 2 is 2.23 bits per heavy atom. The summed E-state index contributed by atoms with van der Waals surface area (Å²) in [7, 11) is 1.89. The third kappa shape index (κ3) is 2.72. The van der Waals surface area contributed by atoms with Crippen molar-refractivity contribution in [1.82, 2.24) is 19.7 Å². The van der Waals surface area contributed by atoms with Crippen molar-refractivity contribution in [2.24, 2.45) is 7.05 Å². The van der Waals surface area contributed by atoms with Crippen LogP contribution in [0.3, 0.4) is 0 Å². The lowest BCUT2D eigenvalue weighted by atomic mass is 10.3. The van der Waals surface area contributed by atoms with Crippen LogP contribution in [0.5, 0.6) is 0 Å². The number of nitrogens with zero attached hydrogens (tertiary/aromatic N) is 5. The van der Waals surface area contributed by atoms with Crippen LogP contribution in [0.1, 0.15) is 5.56 Å². The molecule has 0 aromatic carbocycles. The summed E-state index contributed by atoms with van der Waals surface area (Å²) in [5.74, 6) is 0.789. The van der Waals surface area contributed by atoms with Gasteiger partial charge in [0, 0.05) is 13.1 Å². The van der Waals surface area contributed by atoms with Gasteiger partial charge in [-0.3, -0.25) is 10.1 Å². The molecule has 0 aliphatic heterocycles. The third-order valence-corrected chi connectivity index (χ3v) is 5.02. The zero-order valence-electron chi connectivity index (χ0n) is 11.8. The summed E-state index contributed by atoms with van der Waals surface area (Å²) in [4.78, 5) is 15.5. The SMILES string of the molecule is Cc1cc([N+](=O)[O-])cnc1Sc1nnc(-c2cccs2)n1C. The molecule has 0 saturated carbocycles. The number of aryl methyl sites for hydroxylation is 1. The van der Waals surface area contributed by atoms with Gasteiger partial charge >= 0.3 is 0 Å². The van der Waals surface area contributed by atoms with Gasteiger partial charge in [0.15, 0.2) is 11.0 Å². The van der Waals surface area contributed by atoms with Crippen molar-refractivity contribution < 1.29 is 4.92 Å². The summed E-state index contributed by atoms with van der Waals surface area (Å²) in [6.45, 7) is 1.79. The summed E-state index contributed by atoms with van der Waals surface area (Å²) in [5, 5.41) is 22.5. The van der Waals surface area contributed by atoms with E-state index in [-0.39, 0.29) is 5.69 Å². The molecule has 0 saturated heterocycles. The lowest BCUT2D eigenvalue weighted by molar-refractivity contribution is -0.385. The number of thiophene rings is 1. The molecular weight excluding hydrogens is 322 g/mol. The second kappa shape index (κ2) is 5.85. The standard InChI is InChI=1S/C13H11N5O2S2/c1-8-6-9(18(19)20)7-14-12(8)22-13-16-15-11(17(13)2)10-4-3-5-21-10/h3-7H,1-2H3. The highest BCUT2D eigenvalue weighted by Crippen LogP contribution is 2.31. The Balaban J connectivity index is 1.90. The van der Waals surface area contributed by atoms with E-state index >= 15 is 0 Å². The topological polar surface area (TPSA) is 86.7 Å². The Bertz CT molecular complexity index is 829. The quantitative estimate of drug-likeness (QED) is 0.538. The van der Waals surface area contributed by atoms with Crippen molar-refractivity contribution in [2.75, 3.05) is 0 Å². The Kier molecular flexibility index (Phi) is 3.90. The third-order valence-electron chi connectivity index (χ3n) is 2.99. The van der Waals surface area contributed by atoms with E-state index in [4.69, 9.17) is 0 Å². The lowest BCUT2D eigenvalue weighted by Crippen LogP contribution is -1.96. The largest absolute Gasteiger partial charge is 0.304 e. The van der Waals surface area contributed by atoms with Gasteiger partial charge in [-0.1, -0.05) is 6.07 Å². The Hall–Kier alpha value is -2.26. The fourth-order valence-electron chi connectivity index (χ4n) is 1.86. The maximum absolute atomic E-state index is 10.7. The minimum absolute atomic E-state index is 0.0147. The number of aromatic nitrogens is 4. The molecule has 0 amide bonds. The molecule has 3 heterocycles. The van der Waals surface area contributed by atoms with Crippen LogP contribution in [0.25, 0.3) is 10.7 Å². The highest BCUT2D eigenvalue weighted by molar-refractivity contribution is 7.99. The predicted molar refractivity (Wildman–Crippen MR) is 84.1 cm³/mol. The summed E-state index contributed by atoms with van der Waals surface area (Å²) < 4.78 is 1.89. The Labute approximate surface area is 134 Å². The first kappa shape index (κ1) is 14.7. The number of nitro groups is 1. The maximum atomic E-state index is 10.7. The van der Waals surface area contributed by atoms with Crippen LogP contribution in [0, 0.1) is 17.0 Å². The van der Waals surface area contributed by atoms with Gasteiger partial charge in [-0.2, -0.15) is 0 Å². The molecule has 0 aliphatic carbocycles.